The van der Waals surface area contributed by atoms with Crippen LogP contribution in [0.3, 0.4) is 0 Å². The van der Waals surface area contributed by atoms with E-state index in [0.29, 0.717) is 13.1 Å². The lowest BCUT2D eigenvalue weighted by atomic mass is 10.2. The van der Waals surface area contributed by atoms with E-state index in [1.807, 2.05) is 45.2 Å². The van der Waals surface area contributed by atoms with Crippen LogP contribution in [0.5, 0.6) is 0 Å². The van der Waals surface area contributed by atoms with Gasteiger partial charge in [-0.1, -0.05) is 6.07 Å². The van der Waals surface area contributed by atoms with Gasteiger partial charge in [0.2, 0.25) is 0 Å². The fourth-order valence-corrected chi connectivity index (χ4v) is 1.73. The van der Waals surface area contributed by atoms with Crippen LogP contribution >= 0.6 is 0 Å². The van der Waals surface area contributed by atoms with Gasteiger partial charge in [0.25, 0.3) is 0 Å². The van der Waals surface area contributed by atoms with Crippen molar-refractivity contribution in [2.24, 2.45) is 0 Å². The van der Waals surface area contributed by atoms with E-state index in [0.717, 1.165) is 11.3 Å². The summed E-state index contributed by atoms with van der Waals surface area (Å²) in [6, 6.07) is 5.76. The quantitative estimate of drug-likeness (QED) is 0.937. The van der Waals surface area contributed by atoms with Gasteiger partial charge in [-0.05, 0) is 32.9 Å². The minimum Gasteiger partial charge on any atom is -0.444 e. The highest BCUT2D eigenvalue weighted by molar-refractivity contribution is 5.67. The summed E-state index contributed by atoms with van der Waals surface area (Å²) in [7, 11) is 0. The zero-order chi connectivity index (χ0) is 15.3. The molecule has 112 valence electrons. The van der Waals surface area contributed by atoms with Crippen LogP contribution in [0.2, 0.25) is 0 Å². The average molecular weight is 288 g/mol. The predicted molar refractivity (Wildman–Crippen MR) is 78.6 cm³/mol. The molecule has 0 saturated heterocycles. The van der Waals surface area contributed by atoms with Crippen LogP contribution in [0.1, 0.15) is 32.0 Å². The molecule has 0 radical (unpaired) electrons. The molecule has 2 aromatic rings. The van der Waals surface area contributed by atoms with Gasteiger partial charge in [0.05, 0.1) is 18.4 Å². The Kier molecular flexibility index (Phi) is 4.57. The van der Waals surface area contributed by atoms with Crippen molar-refractivity contribution in [3.8, 4) is 0 Å². The molecule has 0 aliphatic rings. The highest BCUT2D eigenvalue weighted by Crippen LogP contribution is 2.07. The molecule has 1 N–H and O–H groups in total. The number of aromatic nitrogens is 3. The molecule has 0 fully saturated rings. The summed E-state index contributed by atoms with van der Waals surface area (Å²) in [6.07, 6.45) is 4.93. The molecular formula is C15H20N4O2. The number of hydrogen-bond donors (Lipinski definition) is 1. The van der Waals surface area contributed by atoms with Gasteiger partial charge in [-0.3, -0.25) is 9.67 Å². The topological polar surface area (TPSA) is 69.0 Å². The second-order valence-electron chi connectivity index (χ2n) is 5.72. The highest BCUT2D eigenvalue weighted by Gasteiger charge is 2.15. The van der Waals surface area contributed by atoms with E-state index < -0.39 is 11.7 Å². The number of rotatable bonds is 4. The first-order valence-corrected chi connectivity index (χ1v) is 6.80. The Morgan fingerprint density at radius 3 is 2.86 bits per heavy atom. The Labute approximate surface area is 124 Å². The summed E-state index contributed by atoms with van der Waals surface area (Å²) in [5.74, 6) is 0. The molecule has 0 aliphatic heterocycles. The van der Waals surface area contributed by atoms with E-state index in [-0.39, 0.29) is 0 Å². The summed E-state index contributed by atoms with van der Waals surface area (Å²) >= 11 is 0. The normalized spacial score (nSPS) is 11.2. The molecule has 0 saturated carbocycles. The molecule has 0 spiro atoms. The minimum atomic E-state index is -0.493. The lowest BCUT2D eigenvalue weighted by Gasteiger charge is -2.19. The fraction of sp³-hybridized carbons (Fsp3) is 0.400. The van der Waals surface area contributed by atoms with Gasteiger partial charge in [-0.25, -0.2) is 4.79 Å². The van der Waals surface area contributed by atoms with Crippen molar-refractivity contribution in [2.75, 3.05) is 0 Å². The maximum atomic E-state index is 11.6. The number of hydrogen-bond acceptors (Lipinski definition) is 4. The predicted octanol–water partition coefficient (Wildman–Crippen LogP) is 2.35. The molecule has 2 aromatic heterocycles. The average Bonchev–Trinajstić information content (AvgIpc) is 2.83. The summed E-state index contributed by atoms with van der Waals surface area (Å²) in [6.45, 7) is 6.48. The smallest absolute Gasteiger partial charge is 0.407 e. The second kappa shape index (κ2) is 6.39. The van der Waals surface area contributed by atoms with E-state index in [2.05, 4.69) is 15.4 Å². The number of ether oxygens (including phenoxy) is 1. The zero-order valence-electron chi connectivity index (χ0n) is 12.5. The molecule has 2 rings (SSSR count). The first kappa shape index (κ1) is 15.0. The molecule has 0 unspecified atom stereocenters. The summed E-state index contributed by atoms with van der Waals surface area (Å²) in [4.78, 5) is 15.8. The van der Waals surface area contributed by atoms with E-state index in [4.69, 9.17) is 4.74 Å². The minimum absolute atomic E-state index is 0.386. The van der Waals surface area contributed by atoms with Crippen LogP contribution in [-0.4, -0.2) is 26.5 Å². The maximum Gasteiger partial charge on any atom is 0.407 e. The third kappa shape index (κ3) is 5.25. The number of nitrogens with zero attached hydrogens (tertiary/aromatic N) is 3. The Hall–Kier alpha value is -2.37. The van der Waals surface area contributed by atoms with Crippen molar-refractivity contribution in [3.05, 3.63) is 48.0 Å². The van der Waals surface area contributed by atoms with Crippen molar-refractivity contribution in [2.45, 2.75) is 39.5 Å². The van der Waals surface area contributed by atoms with E-state index in [1.54, 1.807) is 17.1 Å². The Morgan fingerprint density at radius 2 is 2.19 bits per heavy atom. The van der Waals surface area contributed by atoms with Crippen LogP contribution in [-0.2, 0) is 17.8 Å². The van der Waals surface area contributed by atoms with Crippen molar-refractivity contribution in [3.63, 3.8) is 0 Å². The fourth-order valence-electron chi connectivity index (χ4n) is 1.73. The van der Waals surface area contributed by atoms with Gasteiger partial charge in [0.15, 0.2) is 0 Å². The number of carbonyl (C=O) groups is 1. The number of alkyl carbamates (subject to hydrolysis) is 1. The molecule has 1 amide bonds. The molecule has 0 atom stereocenters. The molecule has 6 nitrogen and oxygen atoms in total. The van der Waals surface area contributed by atoms with Crippen molar-refractivity contribution >= 4 is 6.09 Å². The second-order valence-corrected chi connectivity index (χ2v) is 5.72. The Bertz CT molecular complexity index is 587. The van der Waals surface area contributed by atoms with E-state index in [1.165, 1.54) is 0 Å². The first-order chi connectivity index (χ1) is 9.92. The maximum absolute atomic E-state index is 11.6. The van der Waals surface area contributed by atoms with Crippen molar-refractivity contribution < 1.29 is 9.53 Å². The van der Waals surface area contributed by atoms with Crippen LogP contribution in [0.15, 0.2) is 36.8 Å². The van der Waals surface area contributed by atoms with Crippen LogP contribution < -0.4 is 5.32 Å². The number of amides is 1. The van der Waals surface area contributed by atoms with Crippen molar-refractivity contribution in [1.82, 2.24) is 20.1 Å². The van der Waals surface area contributed by atoms with Crippen LogP contribution in [0.4, 0.5) is 4.79 Å². The molecule has 0 aliphatic carbocycles. The molecule has 0 aromatic carbocycles. The summed E-state index contributed by atoms with van der Waals surface area (Å²) in [5.41, 5.74) is 1.36. The third-order valence-electron chi connectivity index (χ3n) is 2.57. The third-order valence-corrected chi connectivity index (χ3v) is 2.57. The lowest BCUT2D eigenvalue weighted by Crippen LogP contribution is -2.32. The van der Waals surface area contributed by atoms with Crippen LogP contribution in [0, 0.1) is 0 Å². The van der Waals surface area contributed by atoms with Gasteiger partial charge in [0, 0.05) is 24.5 Å². The SMILES string of the molecule is CC(C)(C)OC(=O)NCc1cnn(Cc2ccccn2)c1. The van der Waals surface area contributed by atoms with Crippen molar-refractivity contribution in [1.29, 1.82) is 0 Å². The number of carbonyl (C=O) groups excluding carboxylic acids is 1. The highest BCUT2D eigenvalue weighted by atomic mass is 16.6. The molecular weight excluding hydrogens is 268 g/mol. The first-order valence-electron chi connectivity index (χ1n) is 6.80. The van der Waals surface area contributed by atoms with E-state index >= 15 is 0 Å². The largest absolute Gasteiger partial charge is 0.444 e. The number of pyridine rings is 1. The monoisotopic (exact) mass is 288 g/mol. The lowest BCUT2D eigenvalue weighted by molar-refractivity contribution is 0.0523. The molecule has 0 bridgehead atoms. The summed E-state index contributed by atoms with van der Waals surface area (Å²) < 4.78 is 6.96. The number of nitrogens with one attached hydrogen (secondary N) is 1. The van der Waals surface area contributed by atoms with E-state index in [9.17, 15) is 4.79 Å². The standard InChI is InChI=1S/C15H20N4O2/c1-15(2,3)21-14(20)17-8-12-9-18-19(10-12)11-13-6-4-5-7-16-13/h4-7,9-10H,8,11H2,1-3H3,(H,17,20). The summed E-state index contributed by atoms with van der Waals surface area (Å²) in [5, 5.41) is 6.95. The molecule has 21 heavy (non-hydrogen) atoms. The van der Waals surface area contributed by atoms with Gasteiger partial charge >= 0.3 is 6.09 Å². The van der Waals surface area contributed by atoms with Gasteiger partial charge < -0.3 is 10.1 Å². The Morgan fingerprint density at radius 1 is 1.38 bits per heavy atom. The molecule has 6 heteroatoms. The van der Waals surface area contributed by atoms with Crippen LogP contribution in [0.25, 0.3) is 0 Å². The van der Waals surface area contributed by atoms with Gasteiger partial charge in [0.1, 0.15) is 5.60 Å². The zero-order valence-corrected chi connectivity index (χ0v) is 12.5. The Balaban J connectivity index is 1.85. The van der Waals surface area contributed by atoms with Gasteiger partial charge in [-0.15, -0.1) is 0 Å². The molecule has 2 heterocycles. The van der Waals surface area contributed by atoms with Gasteiger partial charge in [-0.2, -0.15) is 5.10 Å².